The number of aromatic nitrogens is 4. The van der Waals surface area contributed by atoms with E-state index < -0.39 is 0 Å². The Balaban J connectivity index is 2.28. The molecule has 0 saturated heterocycles. The van der Waals surface area contributed by atoms with E-state index in [4.69, 9.17) is 16.3 Å². The first-order chi connectivity index (χ1) is 8.66. The maximum Gasteiger partial charge on any atom is 0.226 e. The highest BCUT2D eigenvalue weighted by molar-refractivity contribution is 6.28. The average molecular weight is 268 g/mol. The molecular weight excluding hydrogens is 254 g/mol. The second kappa shape index (κ2) is 4.37. The van der Waals surface area contributed by atoms with Crippen LogP contribution < -0.4 is 4.90 Å². The molecule has 6 nitrogen and oxygen atoms in total. The molecule has 0 spiro atoms. The molecule has 0 bridgehead atoms. The van der Waals surface area contributed by atoms with Gasteiger partial charge in [0.2, 0.25) is 5.28 Å². The second-order valence-corrected chi connectivity index (χ2v) is 4.81. The van der Waals surface area contributed by atoms with Gasteiger partial charge in [-0.05, 0) is 18.0 Å². The Kier molecular flexibility index (Phi) is 2.83. The molecule has 1 aliphatic heterocycles. The number of aryl methyl sites for hydroxylation is 1. The van der Waals surface area contributed by atoms with Crippen molar-refractivity contribution in [3.05, 3.63) is 11.1 Å². The van der Waals surface area contributed by atoms with Crippen molar-refractivity contribution in [3.63, 3.8) is 0 Å². The molecule has 0 amide bonds. The van der Waals surface area contributed by atoms with Gasteiger partial charge >= 0.3 is 0 Å². The summed E-state index contributed by atoms with van der Waals surface area (Å²) in [5.74, 6) is 1.63. The first-order valence-corrected chi connectivity index (χ1v) is 6.22. The fourth-order valence-corrected chi connectivity index (χ4v) is 2.31. The van der Waals surface area contributed by atoms with Crippen LogP contribution in [0.5, 0.6) is 0 Å². The third kappa shape index (κ3) is 1.81. The fourth-order valence-electron chi connectivity index (χ4n) is 2.15. The first-order valence-electron chi connectivity index (χ1n) is 5.84. The minimum absolute atomic E-state index is 0.249. The summed E-state index contributed by atoms with van der Waals surface area (Å²) in [6.45, 7) is 2.12. The van der Waals surface area contributed by atoms with E-state index in [9.17, 15) is 0 Å². The highest BCUT2D eigenvalue weighted by Gasteiger charge is 2.19. The fraction of sp³-hybridized carbons (Fsp3) is 0.545. The van der Waals surface area contributed by atoms with Crippen molar-refractivity contribution in [1.29, 1.82) is 0 Å². The Labute approximate surface area is 110 Å². The Morgan fingerprint density at radius 1 is 1.28 bits per heavy atom. The van der Waals surface area contributed by atoms with Crippen molar-refractivity contribution in [2.45, 2.75) is 19.6 Å². The van der Waals surface area contributed by atoms with Gasteiger partial charge in [-0.2, -0.15) is 9.97 Å². The van der Waals surface area contributed by atoms with Gasteiger partial charge in [0, 0.05) is 27.2 Å². The molecule has 2 aromatic rings. The summed E-state index contributed by atoms with van der Waals surface area (Å²) in [6, 6.07) is 0. The molecular formula is C11H14ClN5O. The van der Waals surface area contributed by atoms with Gasteiger partial charge < -0.3 is 14.2 Å². The number of imidazole rings is 1. The lowest BCUT2D eigenvalue weighted by Gasteiger charge is -2.11. The number of anilines is 1. The normalized spacial score (nSPS) is 15.5. The predicted molar refractivity (Wildman–Crippen MR) is 68.9 cm³/mol. The van der Waals surface area contributed by atoms with Crippen LogP contribution in [0.4, 0.5) is 5.82 Å². The van der Waals surface area contributed by atoms with Crippen LogP contribution in [-0.4, -0.2) is 40.2 Å². The molecule has 0 radical (unpaired) electrons. The first kappa shape index (κ1) is 11.7. The molecule has 0 aromatic carbocycles. The summed E-state index contributed by atoms with van der Waals surface area (Å²) in [4.78, 5) is 15.0. The molecule has 3 heterocycles. The standard InChI is InChI=1S/C11H14ClN5O/c1-16(2)9-8-10(15-11(12)14-9)17-4-3-5-18-6-7(17)13-8/h3-6H2,1-2H3. The Morgan fingerprint density at radius 3 is 2.89 bits per heavy atom. The summed E-state index contributed by atoms with van der Waals surface area (Å²) < 4.78 is 7.58. The highest BCUT2D eigenvalue weighted by atomic mass is 35.5. The molecule has 7 heteroatoms. The minimum atomic E-state index is 0.249. The van der Waals surface area contributed by atoms with Crippen molar-refractivity contribution in [1.82, 2.24) is 19.5 Å². The Hall–Kier alpha value is -1.40. The number of fused-ring (bicyclic) bond motifs is 3. The van der Waals surface area contributed by atoms with Crippen LogP contribution in [0.15, 0.2) is 0 Å². The van der Waals surface area contributed by atoms with E-state index in [0.29, 0.717) is 6.61 Å². The second-order valence-electron chi connectivity index (χ2n) is 4.47. The van der Waals surface area contributed by atoms with Crippen LogP contribution in [-0.2, 0) is 17.9 Å². The molecule has 0 aliphatic carbocycles. The zero-order valence-corrected chi connectivity index (χ0v) is 11.1. The van der Waals surface area contributed by atoms with Crippen molar-refractivity contribution in [3.8, 4) is 0 Å². The van der Waals surface area contributed by atoms with E-state index in [1.165, 1.54) is 0 Å². The molecule has 0 fully saturated rings. The summed E-state index contributed by atoms with van der Waals surface area (Å²) in [5, 5.41) is 0.249. The minimum Gasteiger partial charge on any atom is -0.373 e. The van der Waals surface area contributed by atoms with Gasteiger partial charge in [-0.15, -0.1) is 0 Å². The molecule has 0 saturated carbocycles. The molecule has 3 rings (SSSR count). The average Bonchev–Trinajstić information content (AvgIpc) is 2.53. The number of nitrogens with zero attached hydrogens (tertiary/aromatic N) is 5. The van der Waals surface area contributed by atoms with Crippen molar-refractivity contribution in [2.24, 2.45) is 0 Å². The molecule has 0 unspecified atom stereocenters. The zero-order chi connectivity index (χ0) is 12.7. The lowest BCUT2D eigenvalue weighted by molar-refractivity contribution is 0.122. The van der Waals surface area contributed by atoms with Gasteiger partial charge in [-0.3, -0.25) is 0 Å². The predicted octanol–water partition coefficient (Wildman–Crippen LogP) is 1.47. The van der Waals surface area contributed by atoms with Crippen LogP contribution in [0.3, 0.4) is 0 Å². The van der Waals surface area contributed by atoms with Crippen molar-refractivity contribution < 1.29 is 4.74 Å². The van der Waals surface area contributed by atoms with E-state index >= 15 is 0 Å². The van der Waals surface area contributed by atoms with Gasteiger partial charge in [-0.25, -0.2) is 4.98 Å². The van der Waals surface area contributed by atoms with Gasteiger partial charge in [0.15, 0.2) is 17.0 Å². The van der Waals surface area contributed by atoms with E-state index in [2.05, 4.69) is 19.5 Å². The number of hydrogen-bond donors (Lipinski definition) is 0. The monoisotopic (exact) mass is 267 g/mol. The van der Waals surface area contributed by atoms with Gasteiger partial charge in [0.25, 0.3) is 0 Å². The maximum atomic E-state index is 5.99. The number of hydrogen-bond acceptors (Lipinski definition) is 5. The molecule has 1 aliphatic rings. The Morgan fingerprint density at radius 2 is 2.11 bits per heavy atom. The van der Waals surface area contributed by atoms with Crippen molar-refractivity contribution in [2.75, 3.05) is 25.6 Å². The molecule has 96 valence electrons. The smallest absolute Gasteiger partial charge is 0.226 e. The van der Waals surface area contributed by atoms with Crippen LogP contribution in [0.25, 0.3) is 11.2 Å². The number of halogens is 1. The lowest BCUT2D eigenvalue weighted by atomic mass is 10.4. The van der Waals surface area contributed by atoms with Gasteiger partial charge in [0.1, 0.15) is 12.4 Å². The lowest BCUT2D eigenvalue weighted by Crippen LogP contribution is -2.12. The van der Waals surface area contributed by atoms with E-state index in [0.717, 1.165) is 42.4 Å². The molecule has 2 aromatic heterocycles. The largest absolute Gasteiger partial charge is 0.373 e. The van der Waals surface area contributed by atoms with E-state index in [1.807, 2.05) is 19.0 Å². The van der Waals surface area contributed by atoms with E-state index in [1.54, 1.807) is 0 Å². The van der Waals surface area contributed by atoms with Crippen LogP contribution in [0.2, 0.25) is 5.28 Å². The summed E-state index contributed by atoms with van der Waals surface area (Å²) >= 11 is 5.99. The summed E-state index contributed by atoms with van der Waals surface area (Å²) in [6.07, 6.45) is 0.956. The molecule has 18 heavy (non-hydrogen) atoms. The van der Waals surface area contributed by atoms with Crippen LogP contribution in [0, 0.1) is 0 Å². The third-order valence-corrected chi connectivity index (χ3v) is 3.12. The summed E-state index contributed by atoms with van der Waals surface area (Å²) in [7, 11) is 3.83. The number of ether oxygens (including phenoxy) is 1. The molecule has 0 atom stereocenters. The SMILES string of the molecule is CN(C)c1nc(Cl)nc2c1nc1n2CCCOC1. The van der Waals surface area contributed by atoms with Crippen molar-refractivity contribution >= 4 is 28.6 Å². The van der Waals surface area contributed by atoms with Crippen LogP contribution >= 0.6 is 11.6 Å². The topological polar surface area (TPSA) is 56.1 Å². The van der Waals surface area contributed by atoms with Gasteiger partial charge in [0.05, 0.1) is 0 Å². The number of rotatable bonds is 1. The molecule has 0 N–H and O–H groups in total. The van der Waals surface area contributed by atoms with Crippen LogP contribution in [0.1, 0.15) is 12.2 Å². The van der Waals surface area contributed by atoms with Gasteiger partial charge in [-0.1, -0.05) is 0 Å². The zero-order valence-electron chi connectivity index (χ0n) is 10.4. The quantitative estimate of drug-likeness (QED) is 0.733. The highest BCUT2D eigenvalue weighted by Crippen LogP contribution is 2.26. The summed E-state index contributed by atoms with van der Waals surface area (Å²) in [5.41, 5.74) is 1.57. The van der Waals surface area contributed by atoms with E-state index in [-0.39, 0.29) is 5.28 Å². The third-order valence-electron chi connectivity index (χ3n) is 2.95. The maximum absolute atomic E-state index is 5.99. The Bertz CT molecular complexity index is 595.